The van der Waals surface area contributed by atoms with Crippen LogP contribution in [0.4, 0.5) is 0 Å². The minimum Gasteiger partial charge on any atom is -0.487 e. The lowest BCUT2D eigenvalue weighted by Gasteiger charge is -2.39. The molecular formula is C24H29NO6. The third kappa shape index (κ3) is 4.06. The average molecular weight is 427 g/mol. The maximum Gasteiger partial charge on any atom is 0.341 e. The predicted molar refractivity (Wildman–Crippen MR) is 116 cm³/mol. The van der Waals surface area contributed by atoms with Crippen molar-refractivity contribution < 1.29 is 24.1 Å². The topological polar surface area (TPSA) is 87.0 Å². The highest BCUT2D eigenvalue weighted by Gasteiger charge is 2.34. The molecule has 0 aliphatic carbocycles. The molecule has 2 unspecified atom stereocenters. The van der Waals surface area contributed by atoms with Gasteiger partial charge in [0, 0.05) is 30.5 Å². The standard InChI is InChI=1S/C24H29NO6/c1-5-6-29-15-12-30-20-7-14-8-22(24(2,3)4)25-11-17(23(27)28)19(26)10-18(25)16(14)9-21(20)31-13-15/h7,9-11,15,22H,5-6,8,12-13H2,1-4H3,(H,27,28). The summed E-state index contributed by atoms with van der Waals surface area (Å²) in [5, 5.41) is 9.47. The zero-order chi connectivity index (χ0) is 22.3. The number of carboxylic acid groups (broad SMARTS) is 1. The Hall–Kier alpha value is -2.80. The number of hydrogen-bond donors (Lipinski definition) is 1. The molecule has 7 heteroatoms. The summed E-state index contributed by atoms with van der Waals surface area (Å²) < 4.78 is 19.7. The molecule has 0 saturated heterocycles. The number of rotatable bonds is 4. The van der Waals surface area contributed by atoms with Gasteiger partial charge in [0.25, 0.3) is 0 Å². The van der Waals surface area contributed by atoms with Crippen LogP contribution in [0.2, 0.25) is 0 Å². The number of pyridine rings is 1. The summed E-state index contributed by atoms with van der Waals surface area (Å²) in [5.41, 5.74) is 1.75. The van der Waals surface area contributed by atoms with Gasteiger partial charge in [-0.15, -0.1) is 0 Å². The Kier molecular flexibility index (Phi) is 5.56. The number of carbonyl (C=O) groups is 1. The van der Waals surface area contributed by atoms with Crippen LogP contribution < -0.4 is 14.9 Å². The Labute approximate surface area is 181 Å². The minimum atomic E-state index is -1.21. The fraction of sp³-hybridized carbons (Fsp3) is 0.500. The second-order valence-corrected chi connectivity index (χ2v) is 9.31. The fourth-order valence-electron chi connectivity index (χ4n) is 4.24. The average Bonchev–Trinajstić information content (AvgIpc) is 2.90. The normalized spacial score (nSPS) is 19.9. The number of ether oxygens (including phenoxy) is 3. The molecule has 1 aromatic heterocycles. The lowest BCUT2D eigenvalue weighted by Crippen LogP contribution is -2.32. The number of nitrogens with zero attached hydrogens (tertiary/aromatic N) is 1. The molecular weight excluding hydrogens is 398 g/mol. The van der Waals surface area contributed by atoms with E-state index in [-0.39, 0.29) is 23.1 Å². The lowest BCUT2D eigenvalue weighted by molar-refractivity contribution is 0.00310. The van der Waals surface area contributed by atoms with E-state index in [1.807, 2.05) is 16.7 Å². The third-order valence-electron chi connectivity index (χ3n) is 5.91. The first-order valence-corrected chi connectivity index (χ1v) is 10.7. The largest absolute Gasteiger partial charge is 0.487 e. The molecule has 0 saturated carbocycles. The molecule has 31 heavy (non-hydrogen) atoms. The molecule has 0 spiro atoms. The summed E-state index contributed by atoms with van der Waals surface area (Å²) in [4.78, 5) is 24.1. The molecule has 0 radical (unpaired) electrons. The van der Waals surface area contributed by atoms with E-state index >= 15 is 0 Å². The van der Waals surface area contributed by atoms with Crippen LogP contribution in [0.3, 0.4) is 0 Å². The first kappa shape index (κ1) is 21.4. The van der Waals surface area contributed by atoms with Crippen LogP contribution in [0, 0.1) is 5.41 Å². The van der Waals surface area contributed by atoms with Crippen molar-refractivity contribution in [2.45, 2.75) is 52.7 Å². The highest BCUT2D eigenvalue weighted by Crippen LogP contribution is 2.46. The van der Waals surface area contributed by atoms with Gasteiger partial charge in [-0.25, -0.2) is 4.79 Å². The van der Waals surface area contributed by atoms with Crippen molar-refractivity contribution in [2.75, 3.05) is 19.8 Å². The van der Waals surface area contributed by atoms with E-state index in [0.717, 1.165) is 17.5 Å². The van der Waals surface area contributed by atoms with E-state index in [9.17, 15) is 14.7 Å². The van der Waals surface area contributed by atoms with Crippen LogP contribution in [-0.4, -0.2) is 41.6 Å². The maximum atomic E-state index is 12.5. The third-order valence-corrected chi connectivity index (χ3v) is 5.91. The van der Waals surface area contributed by atoms with E-state index in [1.165, 1.54) is 12.3 Å². The quantitative estimate of drug-likeness (QED) is 0.796. The Morgan fingerprint density at radius 2 is 1.87 bits per heavy atom. The minimum absolute atomic E-state index is 0.0147. The molecule has 1 N–H and O–H groups in total. The molecule has 1 aromatic carbocycles. The summed E-state index contributed by atoms with van der Waals surface area (Å²) >= 11 is 0. The first-order chi connectivity index (χ1) is 14.7. The molecule has 3 heterocycles. The lowest BCUT2D eigenvalue weighted by atomic mass is 9.78. The van der Waals surface area contributed by atoms with Crippen LogP contribution in [0.15, 0.2) is 29.2 Å². The summed E-state index contributed by atoms with van der Waals surface area (Å²) in [6, 6.07) is 5.30. The molecule has 2 aliphatic rings. The molecule has 4 rings (SSSR count). The Morgan fingerprint density at radius 3 is 2.48 bits per heavy atom. The summed E-state index contributed by atoms with van der Waals surface area (Å²) in [7, 11) is 0. The molecule has 0 amide bonds. The van der Waals surface area contributed by atoms with Crippen LogP contribution in [0.5, 0.6) is 11.5 Å². The van der Waals surface area contributed by atoms with Gasteiger partial charge >= 0.3 is 5.97 Å². The van der Waals surface area contributed by atoms with Gasteiger partial charge in [-0.2, -0.15) is 0 Å². The molecule has 2 aromatic rings. The number of fused-ring (bicyclic) bond motifs is 4. The number of aromatic carboxylic acids is 1. The summed E-state index contributed by atoms with van der Waals surface area (Å²) in [6.45, 7) is 9.87. The van der Waals surface area contributed by atoms with Crippen LogP contribution >= 0.6 is 0 Å². The monoisotopic (exact) mass is 427 g/mol. The van der Waals surface area contributed by atoms with Gasteiger partial charge in [-0.05, 0) is 36.0 Å². The molecule has 166 valence electrons. The smallest absolute Gasteiger partial charge is 0.341 e. The van der Waals surface area contributed by atoms with Crippen LogP contribution in [-0.2, 0) is 11.2 Å². The summed E-state index contributed by atoms with van der Waals surface area (Å²) in [5.74, 6) is 0.0689. The second-order valence-electron chi connectivity index (χ2n) is 9.31. The Bertz CT molecular complexity index is 1060. The van der Waals surface area contributed by atoms with E-state index in [4.69, 9.17) is 14.2 Å². The SMILES string of the molecule is CCCOC1COc2cc3c(cc2OC1)-c1cc(=O)c(C(=O)O)cn1C(C(C)(C)C)C3. The van der Waals surface area contributed by atoms with Crippen molar-refractivity contribution in [1.29, 1.82) is 0 Å². The van der Waals surface area contributed by atoms with Gasteiger partial charge in [0.05, 0.1) is 5.69 Å². The van der Waals surface area contributed by atoms with Gasteiger partial charge in [0.15, 0.2) is 16.9 Å². The van der Waals surface area contributed by atoms with Crippen molar-refractivity contribution in [3.8, 4) is 22.8 Å². The van der Waals surface area contributed by atoms with Gasteiger partial charge in [-0.1, -0.05) is 27.7 Å². The number of benzene rings is 1. The molecule has 0 fully saturated rings. The molecule has 7 nitrogen and oxygen atoms in total. The van der Waals surface area contributed by atoms with Crippen molar-refractivity contribution in [3.63, 3.8) is 0 Å². The van der Waals surface area contributed by atoms with E-state index in [1.54, 1.807) is 0 Å². The molecule has 2 atom stereocenters. The maximum absolute atomic E-state index is 12.5. The fourth-order valence-corrected chi connectivity index (χ4v) is 4.24. The highest BCUT2D eigenvalue weighted by molar-refractivity contribution is 5.88. The zero-order valence-corrected chi connectivity index (χ0v) is 18.4. The van der Waals surface area contributed by atoms with Crippen molar-refractivity contribution >= 4 is 5.97 Å². The van der Waals surface area contributed by atoms with Gasteiger partial charge < -0.3 is 23.9 Å². The zero-order valence-electron chi connectivity index (χ0n) is 18.4. The predicted octanol–water partition coefficient (Wildman–Crippen LogP) is 3.92. The van der Waals surface area contributed by atoms with E-state index < -0.39 is 11.4 Å². The van der Waals surface area contributed by atoms with Crippen molar-refractivity contribution in [2.24, 2.45) is 5.41 Å². The molecule has 0 bridgehead atoms. The molecule has 2 aliphatic heterocycles. The van der Waals surface area contributed by atoms with Crippen LogP contribution in [0.25, 0.3) is 11.3 Å². The van der Waals surface area contributed by atoms with Gasteiger partial charge in [0.1, 0.15) is 24.9 Å². The highest BCUT2D eigenvalue weighted by atomic mass is 16.6. The second kappa shape index (κ2) is 8.04. The van der Waals surface area contributed by atoms with E-state index in [0.29, 0.717) is 43.4 Å². The van der Waals surface area contributed by atoms with Crippen molar-refractivity contribution in [1.82, 2.24) is 4.57 Å². The van der Waals surface area contributed by atoms with Crippen molar-refractivity contribution in [3.05, 3.63) is 45.7 Å². The number of carboxylic acids is 1. The number of aromatic nitrogens is 1. The Morgan fingerprint density at radius 1 is 1.19 bits per heavy atom. The van der Waals surface area contributed by atoms with Gasteiger partial charge in [0.2, 0.25) is 0 Å². The van der Waals surface area contributed by atoms with Gasteiger partial charge in [-0.3, -0.25) is 4.79 Å². The number of hydrogen-bond acceptors (Lipinski definition) is 5. The van der Waals surface area contributed by atoms with E-state index in [2.05, 4.69) is 27.7 Å². The Balaban J connectivity index is 1.80. The first-order valence-electron chi connectivity index (χ1n) is 10.7. The van der Waals surface area contributed by atoms with Crippen LogP contribution in [0.1, 0.15) is 56.1 Å². The summed E-state index contributed by atoms with van der Waals surface area (Å²) in [6.07, 6.45) is 2.96.